The van der Waals surface area contributed by atoms with Crippen LogP contribution < -0.4 is 11.1 Å². The van der Waals surface area contributed by atoms with Crippen molar-refractivity contribution in [1.29, 1.82) is 0 Å². The van der Waals surface area contributed by atoms with E-state index >= 15 is 0 Å². The summed E-state index contributed by atoms with van der Waals surface area (Å²) in [5, 5.41) is 16.7. The molecule has 0 spiro atoms. The standard InChI is InChI=1S/C15H12N4O2S/c16-13-9-12(19(20)21)4-5-14(13)18-11-3-1-2-10(8-11)15-17-6-7-22-15/h1-9,18H,16H2. The van der Waals surface area contributed by atoms with Gasteiger partial charge in [0.1, 0.15) is 5.01 Å². The lowest BCUT2D eigenvalue weighted by Gasteiger charge is -2.10. The first-order valence-corrected chi connectivity index (χ1v) is 7.32. The van der Waals surface area contributed by atoms with Gasteiger partial charge in [0.15, 0.2) is 0 Å². The second-order valence-corrected chi connectivity index (χ2v) is 5.47. The number of nitrogens with zero attached hydrogens (tertiary/aromatic N) is 2. The minimum Gasteiger partial charge on any atom is -0.397 e. The van der Waals surface area contributed by atoms with Gasteiger partial charge < -0.3 is 11.1 Å². The van der Waals surface area contributed by atoms with Crippen LogP contribution in [0.15, 0.2) is 54.0 Å². The summed E-state index contributed by atoms with van der Waals surface area (Å²) in [6.45, 7) is 0. The van der Waals surface area contributed by atoms with Gasteiger partial charge in [0.05, 0.1) is 16.3 Å². The van der Waals surface area contributed by atoms with Gasteiger partial charge in [0, 0.05) is 35.0 Å². The number of hydrogen-bond acceptors (Lipinski definition) is 6. The van der Waals surface area contributed by atoms with E-state index in [2.05, 4.69) is 10.3 Å². The monoisotopic (exact) mass is 312 g/mol. The molecule has 110 valence electrons. The number of aromatic nitrogens is 1. The lowest BCUT2D eigenvalue weighted by Crippen LogP contribution is -1.98. The van der Waals surface area contributed by atoms with E-state index in [0.717, 1.165) is 16.3 Å². The fourth-order valence-electron chi connectivity index (χ4n) is 2.03. The molecule has 0 aliphatic rings. The maximum absolute atomic E-state index is 10.7. The van der Waals surface area contributed by atoms with E-state index in [1.54, 1.807) is 23.6 Å². The summed E-state index contributed by atoms with van der Waals surface area (Å²) < 4.78 is 0. The third-order valence-electron chi connectivity index (χ3n) is 3.07. The normalized spacial score (nSPS) is 10.4. The van der Waals surface area contributed by atoms with Crippen LogP contribution in [0.2, 0.25) is 0 Å². The molecule has 6 nitrogen and oxygen atoms in total. The first-order valence-electron chi connectivity index (χ1n) is 6.44. The van der Waals surface area contributed by atoms with Gasteiger partial charge in [0.25, 0.3) is 5.69 Å². The SMILES string of the molecule is Nc1cc([N+](=O)[O-])ccc1Nc1cccc(-c2nccs2)c1. The van der Waals surface area contributed by atoms with Gasteiger partial charge in [0.2, 0.25) is 0 Å². The van der Waals surface area contributed by atoms with Crippen molar-refractivity contribution in [2.45, 2.75) is 0 Å². The quantitative estimate of drug-likeness (QED) is 0.430. The molecule has 0 aliphatic carbocycles. The maximum atomic E-state index is 10.7. The zero-order valence-corrected chi connectivity index (χ0v) is 12.2. The maximum Gasteiger partial charge on any atom is 0.271 e. The number of benzene rings is 2. The van der Waals surface area contributed by atoms with Crippen molar-refractivity contribution in [2.75, 3.05) is 11.1 Å². The summed E-state index contributed by atoms with van der Waals surface area (Å²) in [7, 11) is 0. The van der Waals surface area contributed by atoms with Crippen molar-refractivity contribution < 1.29 is 4.92 Å². The number of thiazole rings is 1. The molecule has 3 rings (SSSR count). The molecule has 1 heterocycles. The largest absolute Gasteiger partial charge is 0.397 e. The smallest absolute Gasteiger partial charge is 0.271 e. The lowest BCUT2D eigenvalue weighted by atomic mass is 10.2. The first-order chi connectivity index (χ1) is 10.6. The van der Waals surface area contributed by atoms with Crippen molar-refractivity contribution in [3.8, 4) is 10.6 Å². The Morgan fingerprint density at radius 3 is 2.77 bits per heavy atom. The summed E-state index contributed by atoms with van der Waals surface area (Å²) >= 11 is 1.56. The van der Waals surface area contributed by atoms with Gasteiger partial charge >= 0.3 is 0 Å². The topological polar surface area (TPSA) is 94.1 Å². The van der Waals surface area contributed by atoms with Crippen molar-refractivity contribution in [2.24, 2.45) is 0 Å². The van der Waals surface area contributed by atoms with Crippen LogP contribution in [0.3, 0.4) is 0 Å². The van der Waals surface area contributed by atoms with Gasteiger partial charge in [-0.1, -0.05) is 12.1 Å². The Hall–Kier alpha value is -2.93. The highest BCUT2D eigenvalue weighted by molar-refractivity contribution is 7.13. The Kier molecular flexibility index (Phi) is 3.71. The second kappa shape index (κ2) is 5.82. The Bertz CT molecular complexity index is 818. The van der Waals surface area contributed by atoms with Crippen molar-refractivity contribution >= 4 is 34.1 Å². The van der Waals surface area contributed by atoms with Crippen LogP contribution in [0.25, 0.3) is 10.6 Å². The highest BCUT2D eigenvalue weighted by Crippen LogP contribution is 2.29. The zero-order chi connectivity index (χ0) is 15.5. The third kappa shape index (κ3) is 2.89. The first kappa shape index (κ1) is 14.0. The summed E-state index contributed by atoms with van der Waals surface area (Å²) in [4.78, 5) is 14.5. The number of hydrogen-bond donors (Lipinski definition) is 2. The van der Waals surface area contributed by atoms with E-state index in [-0.39, 0.29) is 5.69 Å². The number of anilines is 3. The number of nitrogen functional groups attached to an aromatic ring is 1. The van der Waals surface area contributed by atoms with E-state index in [0.29, 0.717) is 11.4 Å². The predicted octanol–water partition coefficient (Wildman–Crippen LogP) is 4.04. The Morgan fingerprint density at radius 2 is 2.09 bits per heavy atom. The van der Waals surface area contributed by atoms with Crippen LogP contribution in [0, 0.1) is 10.1 Å². The predicted molar refractivity (Wildman–Crippen MR) is 88.3 cm³/mol. The van der Waals surface area contributed by atoms with Crippen molar-refractivity contribution in [1.82, 2.24) is 4.98 Å². The molecule has 0 aliphatic heterocycles. The van der Waals surface area contributed by atoms with Crippen LogP contribution in [0.4, 0.5) is 22.7 Å². The molecule has 0 fully saturated rings. The molecule has 0 saturated carbocycles. The molecule has 0 atom stereocenters. The third-order valence-corrected chi connectivity index (χ3v) is 3.89. The summed E-state index contributed by atoms with van der Waals surface area (Å²) in [5.74, 6) is 0. The number of nitrogens with one attached hydrogen (secondary N) is 1. The fourth-order valence-corrected chi connectivity index (χ4v) is 2.66. The number of nitro benzene ring substituents is 1. The lowest BCUT2D eigenvalue weighted by molar-refractivity contribution is -0.384. The van der Waals surface area contributed by atoms with Crippen LogP contribution in [0.1, 0.15) is 0 Å². The van der Waals surface area contributed by atoms with Crippen LogP contribution in [0.5, 0.6) is 0 Å². The fraction of sp³-hybridized carbons (Fsp3) is 0. The average Bonchev–Trinajstić information content (AvgIpc) is 3.04. The zero-order valence-electron chi connectivity index (χ0n) is 11.4. The number of nitrogens with two attached hydrogens (primary N) is 1. The van der Waals surface area contributed by atoms with E-state index in [9.17, 15) is 10.1 Å². The van der Waals surface area contributed by atoms with Gasteiger partial charge in [-0.05, 0) is 18.2 Å². The van der Waals surface area contributed by atoms with Gasteiger partial charge in [-0.2, -0.15) is 0 Å². The Labute approximate surface area is 130 Å². The second-order valence-electron chi connectivity index (χ2n) is 4.57. The van der Waals surface area contributed by atoms with Gasteiger partial charge in [-0.3, -0.25) is 10.1 Å². The molecule has 2 aromatic carbocycles. The van der Waals surface area contributed by atoms with E-state index < -0.39 is 4.92 Å². The highest BCUT2D eigenvalue weighted by atomic mass is 32.1. The van der Waals surface area contributed by atoms with Gasteiger partial charge in [-0.25, -0.2) is 4.98 Å². The molecule has 3 aromatic rings. The molecule has 1 aromatic heterocycles. The Balaban J connectivity index is 1.87. The Morgan fingerprint density at radius 1 is 1.23 bits per heavy atom. The molecule has 7 heteroatoms. The molecule has 0 radical (unpaired) electrons. The van der Waals surface area contributed by atoms with Crippen molar-refractivity contribution in [3.05, 3.63) is 64.2 Å². The van der Waals surface area contributed by atoms with E-state index in [1.165, 1.54) is 12.1 Å². The highest BCUT2D eigenvalue weighted by Gasteiger charge is 2.09. The molecule has 0 amide bonds. The molecule has 22 heavy (non-hydrogen) atoms. The van der Waals surface area contributed by atoms with Crippen LogP contribution in [-0.2, 0) is 0 Å². The molecule has 0 unspecified atom stereocenters. The molecule has 3 N–H and O–H groups in total. The van der Waals surface area contributed by atoms with Gasteiger partial charge in [-0.15, -0.1) is 11.3 Å². The molecular weight excluding hydrogens is 300 g/mol. The number of rotatable bonds is 4. The number of non-ortho nitro benzene ring substituents is 1. The molecule has 0 bridgehead atoms. The molecular formula is C15H12N4O2S. The summed E-state index contributed by atoms with van der Waals surface area (Å²) in [5.41, 5.74) is 8.63. The minimum atomic E-state index is -0.469. The van der Waals surface area contributed by atoms with E-state index in [1.807, 2.05) is 29.6 Å². The number of nitro groups is 1. The summed E-state index contributed by atoms with van der Waals surface area (Å²) in [6.07, 6.45) is 1.76. The minimum absolute atomic E-state index is 0.0282. The molecule has 0 saturated heterocycles. The van der Waals surface area contributed by atoms with Crippen molar-refractivity contribution in [3.63, 3.8) is 0 Å². The summed E-state index contributed by atoms with van der Waals surface area (Å²) in [6, 6.07) is 12.1. The average molecular weight is 312 g/mol. The van der Waals surface area contributed by atoms with Crippen LogP contribution >= 0.6 is 11.3 Å². The van der Waals surface area contributed by atoms with Crippen LogP contribution in [-0.4, -0.2) is 9.91 Å². The van der Waals surface area contributed by atoms with E-state index in [4.69, 9.17) is 5.73 Å².